The van der Waals surface area contributed by atoms with Gasteiger partial charge in [-0.1, -0.05) is 49.8 Å². The van der Waals surface area contributed by atoms with E-state index in [1.165, 1.54) is 12.8 Å². The Morgan fingerprint density at radius 3 is 2.71 bits per heavy atom. The highest BCUT2D eigenvalue weighted by atomic mass is 32.2. The highest BCUT2D eigenvalue weighted by molar-refractivity contribution is 7.99. The van der Waals surface area contributed by atoms with E-state index in [0.29, 0.717) is 22.7 Å². The maximum atomic E-state index is 12.2. The van der Waals surface area contributed by atoms with Gasteiger partial charge in [-0.25, -0.2) is 0 Å². The lowest BCUT2D eigenvalue weighted by atomic mass is 10.1. The van der Waals surface area contributed by atoms with Gasteiger partial charge in [0, 0.05) is 16.9 Å². The molecule has 2 unspecified atom stereocenters. The van der Waals surface area contributed by atoms with Crippen LogP contribution in [0, 0.1) is 0 Å². The zero-order chi connectivity index (χ0) is 15.2. The van der Waals surface area contributed by atoms with E-state index < -0.39 is 0 Å². The molecule has 1 fully saturated rings. The molecule has 0 aliphatic heterocycles. The molecule has 1 aromatic carbocycles. The van der Waals surface area contributed by atoms with Gasteiger partial charge in [0.15, 0.2) is 0 Å². The summed E-state index contributed by atoms with van der Waals surface area (Å²) >= 11 is 6.88. The fraction of sp³-hybridized carbons (Fsp3) is 0.500. The molecule has 3 nitrogen and oxygen atoms in total. The largest absolute Gasteiger partial charge is 0.389 e. The standard InChI is InChI=1S/C16H22N2OS2/c1-2-21-14-5-3-4-13(14)18-15(19)10-11-6-8-12(9-7-11)16(17)20/h6-9,13-14H,2-5,10H2,1H3,(H2,17,20)(H,18,19). The molecule has 2 atom stereocenters. The topological polar surface area (TPSA) is 55.1 Å². The van der Waals surface area contributed by atoms with Crippen LogP contribution in [-0.4, -0.2) is 27.9 Å². The van der Waals surface area contributed by atoms with E-state index >= 15 is 0 Å². The number of hydrogen-bond acceptors (Lipinski definition) is 3. The first-order valence-corrected chi connectivity index (χ1v) is 8.85. The van der Waals surface area contributed by atoms with E-state index in [-0.39, 0.29) is 5.91 Å². The summed E-state index contributed by atoms with van der Waals surface area (Å²) in [5, 5.41) is 3.77. The number of amides is 1. The fourth-order valence-corrected chi connectivity index (χ4v) is 4.07. The molecule has 21 heavy (non-hydrogen) atoms. The molecule has 0 radical (unpaired) electrons. The Kier molecular flexibility index (Phi) is 6.06. The fourth-order valence-electron chi connectivity index (χ4n) is 2.73. The molecule has 114 valence electrons. The molecule has 0 bridgehead atoms. The normalized spacial score (nSPS) is 21.2. The van der Waals surface area contributed by atoms with Crippen molar-refractivity contribution in [2.24, 2.45) is 5.73 Å². The van der Waals surface area contributed by atoms with Crippen molar-refractivity contribution in [2.45, 2.75) is 43.9 Å². The number of nitrogens with two attached hydrogens (primary N) is 1. The SMILES string of the molecule is CCSC1CCCC1NC(=O)Cc1ccc(C(N)=S)cc1. The van der Waals surface area contributed by atoms with Crippen molar-refractivity contribution >= 4 is 34.9 Å². The van der Waals surface area contributed by atoms with E-state index in [0.717, 1.165) is 23.3 Å². The van der Waals surface area contributed by atoms with E-state index in [9.17, 15) is 4.79 Å². The van der Waals surface area contributed by atoms with Crippen LogP contribution in [0.3, 0.4) is 0 Å². The number of carbonyl (C=O) groups is 1. The van der Waals surface area contributed by atoms with Crippen molar-refractivity contribution in [1.29, 1.82) is 0 Å². The molecular formula is C16H22N2OS2. The summed E-state index contributed by atoms with van der Waals surface area (Å²) in [7, 11) is 0. The number of rotatable bonds is 6. The molecule has 5 heteroatoms. The number of nitrogens with one attached hydrogen (secondary N) is 1. The Morgan fingerprint density at radius 1 is 1.38 bits per heavy atom. The molecule has 0 aromatic heterocycles. The van der Waals surface area contributed by atoms with Gasteiger partial charge in [0.05, 0.1) is 6.42 Å². The zero-order valence-corrected chi connectivity index (χ0v) is 13.9. The third kappa shape index (κ3) is 4.71. The predicted octanol–water partition coefficient (Wildman–Crippen LogP) is 2.65. The second-order valence-electron chi connectivity index (χ2n) is 5.34. The minimum atomic E-state index is 0.103. The Morgan fingerprint density at radius 2 is 2.10 bits per heavy atom. The van der Waals surface area contributed by atoms with Crippen molar-refractivity contribution in [1.82, 2.24) is 5.32 Å². The van der Waals surface area contributed by atoms with E-state index in [4.69, 9.17) is 18.0 Å². The second kappa shape index (κ2) is 7.80. The first-order chi connectivity index (χ1) is 10.1. The second-order valence-corrected chi connectivity index (χ2v) is 7.29. The molecule has 1 aliphatic rings. The Bertz CT molecular complexity index is 502. The molecule has 0 heterocycles. The quantitative estimate of drug-likeness (QED) is 0.791. The zero-order valence-electron chi connectivity index (χ0n) is 12.3. The lowest BCUT2D eigenvalue weighted by molar-refractivity contribution is -0.121. The molecule has 0 saturated heterocycles. The molecule has 3 N–H and O–H groups in total. The molecule has 1 saturated carbocycles. The average molecular weight is 322 g/mol. The van der Waals surface area contributed by atoms with Gasteiger partial charge in [-0.3, -0.25) is 4.79 Å². The van der Waals surface area contributed by atoms with Crippen LogP contribution in [0.5, 0.6) is 0 Å². The number of thioether (sulfide) groups is 1. The van der Waals surface area contributed by atoms with Gasteiger partial charge >= 0.3 is 0 Å². The van der Waals surface area contributed by atoms with Gasteiger partial charge < -0.3 is 11.1 Å². The Labute approximate surface area is 136 Å². The third-order valence-corrected chi connectivity index (χ3v) is 5.34. The van der Waals surface area contributed by atoms with Gasteiger partial charge in [0.25, 0.3) is 0 Å². The number of benzene rings is 1. The highest BCUT2D eigenvalue weighted by Crippen LogP contribution is 2.29. The maximum Gasteiger partial charge on any atom is 0.224 e. The minimum absolute atomic E-state index is 0.103. The van der Waals surface area contributed by atoms with Crippen molar-refractivity contribution in [2.75, 3.05) is 5.75 Å². The number of carbonyl (C=O) groups excluding carboxylic acids is 1. The first kappa shape index (κ1) is 16.3. The van der Waals surface area contributed by atoms with E-state index in [1.54, 1.807) is 0 Å². The van der Waals surface area contributed by atoms with Crippen LogP contribution in [0.1, 0.15) is 37.3 Å². The van der Waals surface area contributed by atoms with Gasteiger partial charge in [-0.2, -0.15) is 11.8 Å². The van der Waals surface area contributed by atoms with E-state index in [1.807, 2.05) is 36.0 Å². The summed E-state index contributed by atoms with van der Waals surface area (Å²) in [6.07, 6.45) is 3.94. The first-order valence-electron chi connectivity index (χ1n) is 7.40. The summed E-state index contributed by atoms with van der Waals surface area (Å²) in [5.41, 5.74) is 7.40. The summed E-state index contributed by atoms with van der Waals surface area (Å²) in [6.45, 7) is 2.17. The maximum absolute atomic E-state index is 12.2. The summed E-state index contributed by atoms with van der Waals surface area (Å²) in [5.74, 6) is 1.21. The van der Waals surface area contributed by atoms with Crippen LogP contribution in [0.4, 0.5) is 0 Å². The van der Waals surface area contributed by atoms with Crippen molar-refractivity contribution in [3.8, 4) is 0 Å². The number of hydrogen-bond donors (Lipinski definition) is 2. The minimum Gasteiger partial charge on any atom is -0.389 e. The van der Waals surface area contributed by atoms with Crippen LogP contribution in [0.2, 0.25) is 0 Å². The summed E-state index contributed by atoms with van der Waals surface area (Å²) in [6, 6.07) is 7.91. The Balaban J connectivity index is 1.88. The van der Waals surface area contributed by atoms with Crippen molar-refractivity contribution in [3.63, 3.8) is 0 Å². The molecule has 2 rings (SSSR count). The van der Waals surface area contributed by atoms with Crippen molar-refractivity contribution in [3.05, 3.63) is 35.4 Å². The predicted molar refractivity (Wildman–Crippen MR) is 93.7 cm³/mol. The molecule has 1 aromatic rings. The summed E-state index contributed by atoms with van der Waals surface area (Å²) < 4.78 is 0. The van der Waals surface area contributed by atoms with Crippen molar-refractivity contribution < 1.29 is 4.79 Å². The van der Waals surface area contributed by atoms with Gasteiger partial charge in [-0.15, -0.1) is 0 Å². The Hall–Kier alpha value is -1.07. The van der Waals surface area contributed by atoms with Gasteiger partial charge in [0.2, 0.25) is 5.91 Å². The lowest BCUT2D eigenvalue weighted by Crippen LogP contribution is -2.39. The molecular weight excluding hydrogens is 300 g/mol. The lowest BCUT2D eigenvalue weighted by Gasteiger charge is -2.20. The van der Waals surface area contributed by atoms with Crippen LogP contribution < -0.4 is 11.1 Å². The molecule has 1 amide bonds. The smallest absolute Gasteiger partial charge is 0.224 e. The van der Waals surface area contributed by atoms with Crippen LogP contribution in [-0.2, 0) is 11.2 Å². The van der Waals surface area contributed by atoms with Crippen LogP contribution in [0.25, 0.3) is 0 Å². The van der Waals surface area contributed by atoms with Crippen LogP contribution >= 0.6 is 24.0 Å². The third-order valence-electron chi connectivity index (χ3n) is 3.78. The summed E-state index contributed by atoms with van der Waals surface area (Å²) in [4.78, 5) is 12.6. The molecule has 0 spiro atoms. The molecule has 1 aliphatic carbocycles. The average Bonchev–Trinajstić information content (AvgIpc) is 2.87. The van der Waals surface area contributed by atoms with Gasteiger partial charge in [-0.05, 0) is 24.2 Å². The van der Waals surface area contributed by atoms with Crippen LogP contribution in [0.15, 0.2) is 24.3 Å². The van der Waals surface area contributed by atoms with Gasteiger partial charge in [0.1, 0.15) is 4.99 Å². The number of thiocarbonyl (C=S) groups is 1. The monoisotopic (exact) mass is 322 g/mol. The van der Waals surface area contributed by atoms with E-state index in [2.05, 4.69) is 12.2 Å². The highest BCUT2D eigenvalue weighted by Gasteiger charge is 2.28.